The Kier molecular flexibility index (Phi) is 4.24. The van der Waals surface area contributed by atoms with Gasteiger partial charge in [0.05, 0.1) is 25.2 Å². The Labute approximate surface area is 173 Å². The second-order valence-corrected chi connectivity index (χ2v) is 8.36. The zero-order chi connectivity index (χ0) is 18.1. The molecule has 2 nitrogen and oxygen atoms in total. The molecule has 0 spiro atoms. The number of nitrogens with zero attached hydrogens (tertiary/aromatic N) is 2. The van der Waals surface area contributed by atoms with Gasteiger partial charge in [-0.3, -0.25) is 0 Å². The zero-order valence-electron chi connectivity index (χ0n) is 12.1. The van der Waals surface area contributed by atoms with Crippen LogP contribution >= 0.6 is 66.7 Å². The van der Waals surface area contributed by atoms with Gasteiger partial charge in [0.25, 0.3) is 0 Å². The Hall–Kier alpha value is -0.595. The van der Waals surface area contributed by atoms with Crippen LogP contribution in [0, 0.1) is 0 Å². The summed E-state index contributed by atoms with van der Waals surface area (Å²) in [6.45, 7) is -4.06. The van der Waals surface area contributed by atoms with E-state index < -0.39 is 6.97 Å². The first-order valence-electron chi connectivity index (χ1n) is 7.02. The minimum atomic E-state index is -4.06. The molecule has 0 fully saturated rings. The van der Waals surface area contributed by atoms with E-state index in [4.69, 9.17) is 34.8 Å². The molecule has 4 rings (SSSR count). The Balaban J connectivity index is 2.11. The molecule has 1 aromatic carbocycles. The van der Waals surface area contributed by atoms with Gasteiger partial charge in [0, 0.05) is 33.8 Å². The molecular formula is C15H6BBr2Cl3F2N2. The van der Waals surface area contributed by atoms with Crippen molar-refractivity contribution in [2.45, 2.75) is 0 Å². The second-order valence-electron chi connectivity index (χ2n) is 5.54. The standard InChI is InChI=1S/C15H6BBr2Cl3F2N2/c17-12-3-1-10-14(7-5-8(19)15(21)9(20)6-7)11-2-4-13(18)25(11)16(22,23)24(10)12/h1-6H. The molecule has 0 unspecified atom stereocenters. The fraction of sp³-hybridized carbons (Fsp3) is 0. The normalized spacial score (nSPS) is 18.0. The van der Waals surface area contributed by atoms with Crippen LogP contribution in [0.2, 0.25) is 15.1 Å². The van der Waals surface area contributed by atoms with Crippen LogP contribution in [0.3, 0.4) is 0 Å². The predicted octanol–water partition coefficient (Wildman–Crippen LogP) is 6.58. The molecule has 0 saturated heterocycles. The third kappa shape index (κ3) is 2.51. The number of rotatable bonds is 1. The highest BCUT2D eigenvalue weighted by atomic mass is 79.9. The monoisotopic (exact) mass is 526 g/mol. The summed E-state index contributed by atoms with van der Waals surface area (Å²) in [4.78, 5) is 0. The highest BCUT2D eigenvalue weighted by Gasteiger charge is 2.54. The van der Waals surface area contributed by atoms with E-state index in [-0.39, 0.29) is 24.3 Å². The average Bonchev–Trinajstić information content (AvgIpc) is 3.10. The summed E-state index contributed by atoms with van der Waals surface area (Å²) in [6.07, 6.45) is 3.22. The van der Waals surface area contributed by atoms with Crippen molar-refractivity contribution < 1.29 is 13.1 Å². The van der Waals surface area contributed by atoms with E-state index in [1.54, 1.807) is 36.4 Å². The lowest BCUT2D eigenvalue weighted by molar-refractivity contribution is -0.358. The first-order valence-corrected chi connectivity index (χ1v) is 9.74. The largest absolute Gasteiger partial charge is 0.738 e. The summed E-state index contributed by atoms with van der Waals surface area (Å²) < 4.78 is 32.8. The Morgan fingerprint density at radius 3 is 2.28 bits per heavy atom. The second kappa shape index (κ2) is 5.96. The molecule has 0 aliphatic carbocycles. The molecular weight excluding hydrogens is 523 g/mol. The maximum Gasteiger partial charge on any atom is 0.738 e. The van der Waals surface area contributed by atoms with Crippen LogP contribution in [0.15, 0.2) is 46.7 Å². The van der Waals surface area contributed by atoms with Crippen molar-refractivity contribution in [3.8, 4) is 0 Å². The van der Waals surface area contributed by atoms with Gasteiger partial charge in [-0.05, 0) is 45.8 Å². The maximum atomic E-state index is 15.1. The van der Waals surface area contributed by atoms with Crippen molar-refractivity contribution in [1.82, 2.24) is 4.48 Å². The van der Waals surface area contributed by atoms with Gasteiger partial charge in [-0.15, -0.1) is 0 Å². The molecule has 0 radical (unpaired) electrons. The van der Waals surface area contributed by atoms with Gasteiger partial charge in [0.2, 0.25) is 4.62 Å². The van der Waals surface area contributed by atoms with Crippen molar-refractivity contribution in [2.24, 2.45) is 0 Å². The Bertz CT molecular complexity index is 1020. The summed E-state index contributed by atoms with van der Waals surface area (Å²) in [5, 5.41) is 0.744. The van der Waals surface area contributed by atoms with Crippen LogP contribution in [0.1, 0.15) is 11.3 Å². The Morgan fingerprint density at radius 2 is 1.64 bits per heavy atom. The number of allylic oxidation sites excluding steroid dienone is 2. The van der Waals surface area contributed by atoms with Crippen LogP contribution in [0.4, 0.5) is 8.63 Å². The third-order valence-corrected chi connectivity index (χ3v) is 6.63. The molecule has 0 N–H and O–H groups in total. The number of halogens is 7. The van der Waals surface area contributed by atoms with Crippen molar-refractivity contribution >= 4 is 83.8 Å². The van der Waals surface area contributed by atoms with Crippen molar-refractivity contribution in [3.63, 3.8) is 0 Å². The lowest BCUT2D eigenvalue weighted by Crippen LogP contribution is -2.50. The summed E-state index contributed by atoms with van der Waals surface area (Å²) in [7, 11) is 0. The summed E-state index contributed by atoms with van der Waals surface area (Å²) >= 11 is 24.8. The predicted molar refractivity (Wildman–Crippen MR) is 106 cm³/mol. The molecule has 0 amide bonds. The smallest absolute Gasteiger partial charge is 0.389 e. The van der Waals surface area contributed by atoms with Gasteiger partial charge in [-0.2, -0.15) is 0 Å². The molecule has 128 valence electrons. The molecule has 25 heavy (non-hydrogen) atoms. The number of hydrogen-bond donors (Lipinski definition) is 0. The van der Waals surface area contributed by atoms with E-state index in [9.17, 15) is 0 Å². The molecule has 2 aliphatic rings. The van der Waals surface area contributed by atoms with E-state index in [0.717, 1.165) is 8.96 Å². The lowest BCUT2D eigenvalue weighted by atomic mass is 9.86. The minimum absolute atomic E-state index is 0.228. The van der Waals surface area contributed by atoms with Gasteiger partial charge in [0.15, 0.2) is 5.70 Å². The highest BCUT2D eigenvalue weighted by Crippen LogP contribution is 2.44. The summed E-state index contributed by atoms with van der Waals surface area (Å²) in [6, 6.07) is 6.47. The molecule has 0 saturated carbocycles. The van der Waals surface area contributed by atoms with Crippen molar-refractivity contribution in [3.05, 3.63) is 73.0 Å². The van der Waals surface area contributed by atoms with E-state index in [1.807, 2.05) is 0 Å². The van der Waals surface area contributed by atoms with Crippen LogP contribution in [-0.4, -0.2) is 20.6 Å². The molecule has 0 atom stereocenters. The maximum absolute atomic E-state index is 15.1. The van der Waals surface area contributed by atoms with Gasteiger partial charge in [0.1, 0.15) is 0 Å². The third-order valence-electron chi connectivity index (χ3n) is 4.14. The van der Waals surface area contributed by atoms with Gasteiger partial charge >= 0.3 is 6.97 Å². The molecule has 3 heterocycles. The van der Waals surface area contributed by atoms with E-state index in [1.165, 1.54) is 0 Å². The quantitative estimate of drug-likeness (QED) is 0.292. The van der Waals surface area contributed by atoms with E-state index in [2.05, 4.69) is 31.9 Å². The van der Waals surface area contributed by atoms with Crippen LogP contribution in [0.5, 0.6) is 0 Å². The topological polar surface area (TPSA) is 7.94 Å². The average molecular weight is 529 g/mol. The van der Waals surface area contributed by atoms with Gasteiger partial charge < -0.3 is 17.6 Å². The van der Waals surface area contributed by atoms with Crippen LogP contribution in [-0.2, 0) is 0 Å². The lowest BCUT2D eigenvalue weighted by Gasteiger charge is -2.32. The van der Waals surface area contributed by atoms with E-state index >= 15 is 8.63 Å². The molecule has 10 heteroatoms. The number of aromatic nitrogens is 1. The molecule has 1 aromatic heterocycles. The number of fused-ring (bicyclic) bond motifs is 2. The summed E-state index contributed by atoms with van der Waals surface area (Å²) in [5.74, 6) is 0. The van der Waals surface area contributed by atoms with Crippen LogP contribution < -0.4 is 0 Å². The molecule has 2 aromatic rings. The van der Waals surface area contributed by atoms with E-state index in [0.29, 0.717) is 22.5 Å². The first kappa shape index (κ1) is 17.8. The fourth-order valence-electron chi connectivity index (χ4n) is 3.13. The van der Waals surface area contributed by atoms with Crippen LogP contribution in [0.25, 0.3) is 5.57 Å². The fourth-order valence-corrected chi connectivity index (χ4v) is 4.86. The van der Waals surface area contributed by atoms with Gasteiger partial charge in [-0.1, -0.05) is 34.8 Å². The van der Waals surface area contributed by atoms with Crippen molar-refractivity contribution in [2.75, 3.05) is 0 Å². The minimum Gasteiger partial charge on any atom is -0.389 e. The number of benzene rings is 1. The van der Waals surface area contributed by atoms with Gasteiger partial charge in [-0.25, -0.2) is 0 Å². The SMILES string of the molecule is F[B-]1(F)n2c(Br)ccc2C(c2cc(Cl)c(Cl)c(Cl)c2)=C2C=CC(Br)=[N+]21. The summed E-state index contributed by atoms with van der Waals surface area (Å²) in [5.41, 5.74) is 1.92. The Morgan fingerprint density at radius 1 is 1.00 bits per heavy atom. The number of hydrogen-bond acceptors (Lipinski definition) is 0. The molecule has 0 bridgehead atoms. The molecule has 2 aliphatic heterocycles. The highest BCUT2D eigenvalue weighted by molar-refractivity contribution is 9.18. The van der Waals surface area contributed by atoms with Crippen molar-refractivity contribution in [1.29, 1.82) is 0 Å². The zero-order valence-corrected chi connectivity index (χ0v) is 17.5. The first-order chi connectivity index (χ1) is 11.7.